The van der Waals surface area contributed by atoms with Crippen LogP contribution in [0.1, 0.15) is 39.5 Å². The number of hydrogen-bond acceptors (Lipinski definition) is 6. The second-order valence-corrected chi connectivity index (χ2v) is 5.87. The Balaban J connectivity index is 2.09. The summed E-state index contributed by atoms with van der Waals surface area (Å²) in [4.78, 5) is 9.72. The molecule has 0 aliphatic rings. The quantitative estimate of drug-likeness (QED) is 0.512. The number of nitrogens with two attached hydrogens (primary N) is 1. The molecule has 0 radical (unpaired) electrons. The maximum Gasteiger partial charge on any atom is 0.240 e. The fraction of sp³-hybridized carbons (Fsp3) is 0.571. The third kappa shape index (κ3) is 3.58. The van der Waals surface area contributed by atoms with E-state index in [-0.39, 0.29) is 0 Å². The Hall–Kier alpha value is -1.40. The van der Waals surface area contributed by atoms with Crippen molar-refractivity contribution in [1.82, 2.24) is 9.97 Å². The summed E-state index contributed by atoms with van der Waals surface area (Å²) in [5.74, 6) is 7.45. The van der Waals surface area contributed by atoms with Gasteiger partial charge in [0.1, 0.15) is 10.6 Å². The monoisotopic (exact) mass is 293 g/mol. The Morgan fingerprint density at radius 2 is 2.20 bits per heavy atom. The zero-order chi connectivity index (χ0) is 14.4. The largest absolute Gasteiger partial charge is 0.369 e. The molecule has 0 fully saturated rings. The molecule has 1 unspecified atom stereocenters. The first kappa shape index (κ1) is 15.0. The molecule has 0 aliphatic heterocycles. The second-order valence-electron chi connectivity index (χ2n) is 4.98. The number of thiophene rings is 1. The zero-order valence-electron chi connectivity index (χ0n) is 12.1. The van der Waals surface area contributed by atoms with Crippen LogP contribution in [0.15, 0.2) is 11.4 Å². The summed E-state index contributed by atoms with van der Waals surface area (Å²) in [6, 6.07) is 2.05. The molecule has 0 aromatic carbocycles. The van der Waals surface area contributed by atoms with Crippen molar-refractivity contribution in [3.8, 4) is 0 Å². The van der Waals surface area contributed by atoms with Crippen molar-refractivity contribution in [2.75, 3.05) is 17.3 Å². The lowest BCUT2D eigenvalue weighted by molar-refractivity contribution is 0.472. The van der Waals surface area contributed by atoms with Gasteiger partial charge in [-0.2, -0.15) is 4.98 Å². The van der Waals surface area contributed by atoms with Crippen LogP contribution in [0.4, 0.5) is 11.8 Å². The van der Waals surface area contributed by atoms with Crippen molar-refractivity contribution in [3.63, 3.8) is 0 Å². The number of hydrogen-bond donors (Lipinski definition) is 3. The number of hydrazine groups is 1. The van der Waals surface area contributed by atoms with Gasteiger partial charge in [-0.05, 0) is 23.8 Å². The molecule has 5 nitrogen and oxygen atoms in total. The number of nitrogen functional groups attached to an aromatic ring is 1. The van der Waals surface area contributed by atoms with Crippen LogP contribution in [-0.2, 0) is 0 Å². The van der Waals surface area contributed by atoms with Crippen LogP contribution in [0.2, 0.25) is 0 Å². The Morgan fingerprint density at radius 3 is 2.90 bits per heavy atom. The fourth-order valence-electron chi connectivity index (χ4n) is 2.24. The summed E-state index contributed by atoms with van der Waals surface area (Å²) in [5, 5.41) is 6.56. The van der Waals surface area contributed by atoms with Crippen LogP contribution in [0.25, 0.3) is 10.2 Å². The maximum atomic E-state index is 5.43. The minimum Gasteiger partial charge on any atom is -0.369 e. The van der Waals surface area contributed by atoms with Crippen molar-refractivity contribution in [2.45, 2.75) is 39.5 Å². The first-order valence-electron chi connectivity index (χ1n) is 7.24. The van der Waals surface area contributed by atoms with Gasteiger partial charge in [0.05, 0.1) is 5.39 Å². The second kappa shape index (κ2) is 7.40. The normalized spacial score (nSPS) is 12.6. The van der Waals surface area contributed by atoms with Gasteiger partial charge in [0.15, 0.2) is 0 Å². The molecule has 0 saturated heterocycles. The molecule has 2 aromatic rings. The summed E-state index contributed by atoms with van der Waals surface area (Å²) in [7, 11) is 0. The lowest BCUT2D eigenvalue weighted by Gasteiger charge is -2.16. The first-order chi connectivity index (χ1) is 9.78. The van der Waals surface area contributed by atoms with E-state index in [1.54, 1.807) is 11.3 Å². The Labute approximate surface area is 124 Å². The molecule has 2 heterocycles. The van der Waals surface area contributed by atoms with Gasteiger partial charge in [0.2, 0.25) is 5.95 Å². The minimum absolute atomic E-state index is 0.462. The third-order valence-corrected chi connectivity index (χ3v) is 4.36. The van der Waals surface area contributed by atoms with Gasteiger partial charge in [0, 0.05) is 6.54 Å². The van der Waals surface area contributed by atoms with Gasteiger partial charge in [-0.1, -0.05) is 33.1 Å². The highest BCUT2D eigenvalue weighted by Crippen LogP contribution is 2.26. The lowest BCUT2D eigenvalue weighted by Crippen LogP contribution is -2.16. The van der Waals surface area contributed by atoms with E-state index in [1.807, 2.05) is 5.38 Å². The van der Waals surface area contributed by atoms with E-state index in [2.05, 4.69) is 40.6 Å². The molecule has 0 amide bonds. The standard InChI is InChI=1S/C14H23N5S/c1-3-5-6-10(4-2)9-16-12-11-7-8-20-13(11)18-14(17-12)19-15/h7-8,10H,3-6,9,15H2,1-2H3,(H2,16,17,18,19). The fourth-order valence-corrected chi connectivity index (χ4v) is 3.00. The summed E-state index contributed by atoms with van der Waals surface area (Å²) in [6.07, 6.45) is 4.99. The van der Waals surface area contributed by atoms with E-state index < -0.39 is 0 Å². The van der Waals surface area contributed by atoms with E-state index in [0.717, 1.165) is 22.6 Å². The highest BCUT2D eigenvalue weighted by atomic mass is 32.1. The van der Waals surface area contributed by atoms with Gasteiger partial charge in [-0.15, -0.1) is 11.3 Å². The van der Waals surface area contributed by atoms with E-state index >= 15 is 0 Å². The average molecular weight is 293 g/mol. The van der Waals surface area contributed by atoms with Crippen molar-refractivity contribution in [2.24, 2.45) is 11.8 Å². The van der Waals surface area contributed by atoms with Gasteiger partial charge in [-0.3, -0.25) is 5.43 Å². The topological polar surface area (TPSA) is 75.9 Å². The molecule has 0 aliphatic carbocycles. The highest BCUT2D eigenvalue weighted by Gasteiger charge is 2.11. The number of fused-ring (bicyclic) bond motifs is 1. The highest BCUT2D eigenvalue weighted by molar-refractivity contribution is 7.16. The average Bonchev–Trinajstić information content (AvgIpc) is 2.95. The smallest absolute Gasteiger partial charge is 0.240 e. The van der Waals surface area contributed by atoms with Gasteiger partial charge in [0.25, 0.3) is 0 Å². The molecule has 2 rings (SSSR count). The van der Waals surface area contributed by atoms with E-state index in [0.29, 0.717) is 11.9 Å². The Morgan fingerprint density at radius 1 is 1.35 bits per heavy atom. The molecule has 0 saturated carbocycles. The molecule has 110 valence electrons. The number of nitrogens with one attached hydrogen (secondary N) is 2. The molecule has 1 atom stereocenters. The molecular formula is C14H23N5S. The molecule has 2 aromatic heterocycles. The van der Waals surface area contributed by atoms with Gasteiger partial charge < -0.3 is 5.32 Å². The molecule has 6 heteroatoms. The maximum absolute atomic E-state index is 5.43. The van der Waals surface area contributed by atoms with Crippen molar-refractivity contribution in [3.05, 3.63) is 11.4 Å². The number of anilines is 2. The van der Waals surface area contributed by atoms with E-state index in [4.69, 9.17) is 5.84 Å². The molecular weight excluding hydrogens is 270 g/mol. The predicted molar refractivity (Wildman–Crippen MR) is 87.0 cm³/mol. The van der Waals surface area contributed by atoms with Crippen LogP contribution in [-0.4, -0.2) is 16.5 Å². The van der Waals surface area contributed by atoms with Gasteiger partial charge >= 0.3 is 0 Å². The van der Waals surface area contributed by atoms with Crippen molar-refractivity contribution < 1.29 is 0 Å². The van der Waals surface area contributed by atoms with Crippen LogP contribution in [0, 0.1) is 5.92 Å². The summed E-state index contributed by atoms with van der Waals surface area (Å²) in [5.41, 5.74) is 2.53. The number of unbranched alkanes of at least 4 members (excludes halogenated alkanes) is 1. The predicted octanol–water partition coefficient (Wildman–Crippen LogP) is 3.61. The molecule has 4 N–H and O–H groups in total. The lowest BCUT2D eigenvalue weighted by atomic mass is 9.99. The summed E-state index contributed by atoms with van der Waals surface area (Å²) < 4.78 is 0. The Kier molecular flexibility index (Phi) is 5.55. The van der Waals surface area contributed by atoms with Crippen LogP contribution < -0.4 is 16.6 Å². The van der Waals surface area contributed by atoms with E-state index in [9.17, 15) is 0 Å². The van der Waals surface area contributed by atoms with Crippen molar-refractivity contribution in [1.29, 1.82) is 0 Å². The zero-order valence-corrected chi connectivity index (χ0v) is 13.0. The number of rotatable bonds is 8. The molecule has 20 heavy (non-hydrogen) atoms. The summed E-state index contributed by atoms with van der Waals surface area (Å²) >= 11 is 1.60. The summed E-state index contributed by atoms with van der Waals surface area (Å²) in [6.45, 7) is 5.43. The SMILES string of the molecule is CCCCC(CC)CNc1nc(NN)nc2sccc12. The van der Waals surface area contributed by atoms with Gasteiger partial charge in [-0.25, -0.2) is 10.8 Å². The van der Waals surface area contributed by atoms with Crippen LogP contribution in [0.3, 0.4) is 0 Å². The Bertz CT molecular complexity index is 539. The van der Waals surface area contributed by atoms with E-state index in [1.165, 1.54) is 25.7 Å². The molecule has 0 spiro atoms. The minimum atomic E-state index is 0.462. The number of nitrogens with zero attached hydrogens (tertiary/aromatic N) is 2. The molecule has 0 bridgehead atoms. The van der Waals surface area contributed by atoms with Crippen molar-refractivity contribution >= 4 is 33.3 Å². The van der Waals surface area contributed by atoms with Crippen LogP contribution in [0.5, 0.6) is 0 Å². The first-order valence-corrected chi connectivity index (χ1v) is 8.12. The number of aromatic nitrogens is 2. The van der Waals surface area contributed by atoms with Crippen LogP contribution >= 0.6 is 11.3 Å². The third-order valence-electron chi connectivity index (χ3n) is 3.56.